The molecule has 1 unspecified atom stereocenters. The first-order chi connectivity index (χ1) is 11.8. The van der Waals surface area contributed by atoms with Crippen molar-refractivity contribution >= 4 is 11.8 Å². The van der Waals surface area contributed by atoms with Crippen LogP contribution < -0.4 is 15.6 Å². The van der Waals surface area contributed by atoms with Gasteiger partial charge in [0.05, 0.1) is 0 Å². The van der Waals surface area contributed by atoms with Crippen LogP contribution in [0.2, 0.25) is 0 Å². The van der Waals surface area contributed by atoms with Gasteiger partial charge >= 0.3 is 0 Å². The van der Waals surface area contributed by atoms with E-state index in [4.69, 9.17) is 4.74 Å². The van der Waals surface area contributed by atoms with E-state index in [2.05, 4.69) is 10.9 Å². The van der Waals surface area contributed by atoms with Gasteiger partial charge in [0.2, 0.25) is 0 Å². The molecule has 5 nitrogen and oxygen atoms in total. The number of aryl methyl sites for hydroxylation is 3. The van der Waals surface area contributed by atoms with Gasteiger partial charge in [0, 0.05) is 5.56 Å². The van der Waals surface area contributed by atoms with Crippen molar-refractivity contribution in [2.24, 2.45) is 0 Å². The number of benzene rings is 2. The van der Waals surface area contributed by atoms with Gasteiger partial charge in [-0.2, -0.15) is 0 Å². The average Bonchev–Trinajstić information content (AvgIpc) is 2.56. The van der Waals surface area contributed by atoms with Crippen LogP contribution in [0.4, 0.5) is 0 Å². The predicted molar refractivity (Wildman–Crippen MR) is 97.5 cm³/mol. The molecule has 0 aromatic heterocycles. The monoisotopic (exact) mass is 340 g/mol. The van der Waals surface area contributed by atoms with E-state index in [0.717, 1.165) is 22.3 Å². The maximum Gasteiger partial charge on any atom is 0.279 e. The number of carbonyl (C=O) groups excluding carboxylic acids is 2. The molecule has 5 heteroatoms. The maximum absolute atomic E-state index is 12.2. The first-order valence-corrected chi connectivity index (χ1v) is 8.20. The van der Waals surface area contributed by atoms with Crippen molar-refractivity contribution in [2.75, 3.05) is 0 Å². The number of rotatable bonds is 4. The van der Waals surface area contributed by atoms with Gasteiger partial charge in [0.1, 0.15) is 5.75 Å². The molecule has 0 radical (unpaired) electrons. The zero-order chi connectivity index (χ0) is 18.6. The summed E-state index contributed by atoms with van der Waals surface area (Å²) in [5, 5.41) is 0. The summed E-state index contributed by atoms with van der Waals surface area (Å²) in [6, 6.07) is 11.2. The highest BCUT2D eigenvalue weighted by molar-refractivity contribution is 5.97. The van der Waals surface area contributed by atoms with E-state index < -0.39 is 12.0 Å². The second-order valence-electron chi connectivity index (χ2n) is 6.22. The Morgan fingerprint density at radius 1 is 0.960 bits per heavy atom. The predicted octanol–water partition coefficient (Wildman–Crippen LogP) is 3.15. The molecule has 0 aliphatic rings. The lowest BCUT2D eigenvalue weighted by atomic mass is 10.1. The summed E-state index contributed by atoms with van der Waals surface area (Å²) in [6.07, 6.45) is -0.736. The lowest BCUT2D eigenvalue weighted by Gasteiger charge is -2.17. The molecule has 2 amide bonds. The van der Waals surface area contributed by atoms with Gasteiger partial charge in [0.25, 0.3) is 11.8 Å². The van der Waals surface area contributed by atoms with Gasteiger partial charge in [-0.05, 0) is 63.4 Å². The van der Waals surface area contributed by atoms with Gasteiger partial charge in [-0.25, -0.2) is 0 Å². The minimum Gasteiger partial charge on any atom is -0.481 e. The van der Waals surface area contributed by atoms with Gasteiger partial charge < -0.3 is 4.74 Å². The van der Waals surface area contributed by atoms with Crippen molar-refractivity contribution < 1.29 is 14.3 Å². The molecule has 0 saturated carbocycles. The quantitative estimate of drug-likeness (QED) is 0.840. The van der Waals surface area contributed by atoms with Gasteiger partial charge in [-0.3, -0.25) is 20.4 Å². The Hall–Kier alpha value is -2.82. The molecule has 0 heterocycles. The van der Waals surface area contributed by atoms with Crippen LogP contribution in [0.5, 0.6) is 5.75 Å². The molecule has 1 atom stereocenters. The molecule has 2 aromatic rings. The molecule has 0 spiro atoms. The Morgan fingerprint density at radius 2 is 1.68 bits per heavy atom. The second-order valence-corrected chi connectivity index (χ2v) is 6.22. The molecule has 25 heavy (non-hydrogen) atoms. The van der Waals surface area contributed by atoms with Crippen molar-refractivity contribution in [3.8, 4) is 5.75 Å². The molecule has 0 fully saturated rings. The Balaban J connectivity index is 1.95. The van der Waals surface area contributed by atoms with Crippen LogP contribution in [0.25, 0.3) is 0 Å². The summed E-state index contributed by atoms with van der Waals surface area (Å²) in [5.41, 5.74) is 9.38. The standard InChI is InChI=1S/C20H24N2O3/c1-12-9-10-17(14(3)11-12)20(24)22-21-19(23)16(5)25-18-8-6-7-13(2)15(18)4/h6-11,16H,1-5H3,(H,21,23)(H,22,24). The zero-order valence-corrected chi connectivity index (χ0v) is 15.3. The van der Waals surface area contributed by atoms with Gasteiger partial charge in [-0.15, -0.1) is 0 Å². The molecule has 0 aliphatic heterocycles. The third-order valence-corrected chi connectivity index (χ3v) is 4.15. The summed E-state index contributed by atoms with van der Waals surface area (Å²) in [7, 11) is 0. The third kappa shape index (κ3) is 4.59. The fourth-order valence-electron chi connectivity index (χ4n) is 2.45. The van der Waals surface area contributed by atoms with E-state index in [1.54, 1.807) is 13.0 Å². The summed E-state index contributed by atoms with van der Waals surface area (Å²) in [6.45, 7) is 9.38. The second kappa shape index (κ2) is 7.83. The molecule has 2 rings (SSSR count). The molecular formula is C20H24N2O3. The fraction of sp³-hybridized carbons (Fsp3) is 0.300. The molecule has 0 aliphatic carbocycles. The van der Waals surface area contributed by atoms with Crippen molar-refractivity contribution in [3.63, 3.8) is 0 Å². The largest absolute Gasteiger partial charge is 0.481 e. The Labute approximate surface area is 148 Å². The molecule has 0 bridgehead atoms. The first kappa shape index (κ1) is 18.5. The molecule has 132 valence electrons. The lowest BCUT2D eigenvalue weighted by molar-refractivity contribution is -0.128. The average molecular weight is 340 g/mol. The minimum atomic E-state index is -0.736. The van der Waals surface area contributed by atoms with Crippen LogP contribution >= 0.6 is 0 Å². The number of hydrogen-bond acceptors (Lipinski definition) is 3. The maximum atomic E-state index is 12.2. The summed E-state index contributed by atoms with van der Waals surface area (Å²) in [5.74, 6) is -0.118. The number of nitrogens with one attached hydrogen (secondary N) is 2. The van der Waals surface area contributed by atoms with Crippen molar-refractivity contribution in [2.45, 2.75) is 40.7 Å². The third-order valence-electron chi connectivity index (χ3n) is 4.15. The molecular weight excluding hydrogens is 316 g/mol. The smallest absolute Gasteiger partial charge is 0.279 e. The number of amides is 2. The number of hydrazine groups is 1. The number of hydrogen-bond donors (Lipinski definition) is 2. The number of ether oxygens (including phenoxy) is 1. The van der Waals surface area contributed by atoms with E-state index >= 15 is 0 Å². The van der Waals surface area contributed by atoms with Crippen LogP contribution in [0.1, 0.15) is 39.5 Å². The highest BCUT2D eigenvalue weighted by Crippen LogP contribution is 2.21. The van der Waals surface area contributed by atoms with Crippen LogP contribution in [0.15, 0.2) is 36.4 Å². The van der Waals surface area contributed by atoms with Crippen LogP contribution in [-0.4, -0.2) is 17.9 Å². The molecule has 2 aromatic carbocycles. The van der Waals surface area contributed by atoms with E-state index in [9.17, 15) is 9.59 Å². The highest BCUT2D eigenvalue weighted by atomic mass is 16.5. The van der Waals surface area contributed by atoms with Gasteiger partial charge in [0.15, 0.2) is 6.10 Å². The summed E-state index contributed by atoms with van der Waals surface area (Å²) < 4.78 is 5.70. The van der Waals surface area contributed by atoms with E-state index in [-0.39, 0.29) is 5.91 Å². The zero-order valence-electron chi connectivity index (χ0n) is 15.3. The fourth-order valence-corrected chi connectivity index (χ4v) is 2.45. The first-order valence-electron chi connectivity index (χ1n) is 8.20. The van der Waals surface area contributed by atoms with Crippen molar-refractivity contribution in [1.82, 2.24) is 10.9 Å². The molecule has 0 saturated heterocycles. The Bertz CT molecular complexity index is 800. The van der Waals surface area contributed by atoms with E-state index in [0.29, 0.717) is 11.3 Å². The highest BCUT2D eigenvalue weighted by Gasteiger charge is 2.17. The minimum absolute atomic E-state index is 0.357. The summed E-state index contributed by atoms with van der Waals surface area (Å²) in [4.78, 5) is 24.4. The SMILES string of the molecule is Cc1ccc(C(=O)NNC(=O)C(C)Oc2cccc(C)c2C)c(C)c1. The van der Waals surface area contributed by atoms with Crippen molar-refractivity contribution in [1.29, 1.82) is 0 Å². The van der Waals surface area contributed by atoms with Crippen LogP contribution in [-0.2, 0) is 4.79 Å². The van der Waals surface area contributed by atoms with Crippen LogP contribution in [0.3, 0.4) is 0 Å². The topological polar surface area (TPSA) is 67.4 Å². The Morgan fingerprint density at radius 3 is 2.36 bits per heavy atom. The van der Waals surface area contributed by atoms with Crippen molar-refractivity contribution in [3.05, 3.63) is 64.2 Å². The molecule has 2 N–H and O–H groups in total. The van der Waals surface area contributed by atoms with Crippen LogP contribution in [0, 0.1) is 27.7 Å². The van der Waals surface area contributed by atoms with E-state index in [1.807, 2.05) is 58.0 Å². The number of carbonyl (C=O) groups is 2. The van der Waals surface area contributed by atoms with E-state index in [1.165, 1.54) is 0 Å². The van der Waals surface area contributed by atoms with Gasteiger partial charge in [-0.1, -0.05) is 29.8 Å². The summed E-state index contributed by atoms with van der Waals surface area (Å²) >= 11 is 0. The lowest BCUT2D eigenvalue weighted by Crippen LogP contribution is -2.47. The normalized spacial score (nSPS) is 11.6. The Kier molecular flexibility index (Phi) is 5.80.